The maximum Gasteiger partial charge on any atom is 0.123 e. The van der Waals surface area contributed by atoms with E-state index in [1.807, 2.05) is 19.1 Å². The van der Waals surface area contributed by atoms with Gasteiger partial charge in [-0.25, -0.2) is 4.39 Å². The molecule has 0 saturated carbocycles. The van der Waals surface area contributed by atoms with Gasteiger partial charge in [-0.15, -0.1) is 0 Å². The van der Waals surface area contributed by atoms with Crippen LogP contribution in [-0.2, 0) is 6.42 Å². The average Bonchev–Trinajstić information content (AvgIpc) is 2.93. The van der Waals surface area contributed by atoms with Crippen LogP contribution in [0, 0.1) is 12.7 Å². The number of ether oxygens (including phenoxy) is 1. The molecule has 1 heterocycles. The van der Waals surface area contributed by atoms with Crippen molar-refractivity contribution in [3.8, 4) is 5.75 Å². The number of hydrogen-bond donors (Lipinski definition) is 1. The number of aryl methyl sites for hydroxylation is 1. The van der Waals surface area contributed by atoms with Crippen molar-refractivity contribution in [2.45, 2.75) is 26.3 Å². The fourth-order valence-electron chi connectivity index (χ4n) is 2.96. The van der Waals surface area contributed by atoms with E-state index in [2.05, 4.69) is 24.4 Å². The van der Waals surface area contributed by atoms with Crippen molar-refractivity contribution in [2.24, 2.45) is 0 Å². The summed E-state index contributed by atoms with van der Waals surface area (Å²) in [6.45, 7) is 5.66. The molecule has 3 heteroatoms. The molecule has 21 heavy (non-hydrogen) atoms. The molecule has 0 amide bonds. The van der Waals surface area contributed by atoms with Crippen LogP contribution in [0.3, 0.4) is 0 Å². The monoisotopic (exact) mass is 285 g/mol. The van der Waals surface area contributed by atoms with Crippen molar-refractivity contribution in [3.63, 3.8) is 0 Å². The zero-order valence-corrected chi connectivity index (χ0v) is 12.4. The minimum atomic E-state index is -0.186. The molecule has 2 nitrogen and oxygen atoms in total. The lowest BCUT2D eigenvalue weighted by molar-refractivity contribution is 0.357. The lowest BCUT2D eigenvalue weighted by Gasteiger charge is -2.21. The summed E-state index contributed by atoms with van der Waals surface area (Å²) in [5, 5.41) is 3.50. The van der Waals surface area contributed by atoms with Crippen molar-refractivity contribution >= 4 is 0 Å². The molecule has 1 aliphatic rings. The van der Waals surface area contributed by atoms with Gasteiger partial charge in [0.2, 0.25) is 0 Å². The first-order valence-electron chi connectivity index (χ1n) is 7.44. The van der Waals surface area contributed by atoms with E-state index >= 15 is 0 Å². The molecule has 1 N–H and O–H groups in total. The summed E-state index contributed by atoms with van der Waals surface area (Å²) in [5.41, 5.74) is 4.56. The molecular weight excluding hydrogens is 265 g/mol. The molecule has 2 aromatic carbocycles. The third-order valence-corrected chi connectivity index (χ3v) is 4.00. The minimum Gasteiger partial charge on any atom is -0.493 e. The SMILES string of the molecule is CCNC(c1ccc2c(c1)CCO2)c1ccc(F)cc1C. The Labute approximate surface area is 125 Å². The predicted octanol–water partition coefficient (Wildman–Crippen LogP) is 3.77. The highest BCUT2D eigenvalue weighted by atomic mass is 19.1. The molecule has 0 fully saturated rings. The van der Waals surface area contributed by atoms with E-state index in [1.165, 1.54) is 17.2 Å². The maximum atomic E-state index is 13.3. The zero-order chi connectivity index (χ0) is 14.8. The smallest absolute Gasteiger partial charge is 0.123 e. The van der Waals surface area contributed by atoms with Crippen LogP contribution in [-0.4, -0.2) is 13.2 Å². The third-order valence-electron chi connectivity index (χ3n) is 4.00. The predicted molar refractivity (Wildman–Crippen MR) is 82.3 cm³/mol. The minimum absolute atomic E-state index is 0.0847. The van der Waals surface area contributed by atoms with Gasteiger partial charge in [0.25, 0.3) is 0 Å². The van der Waals surface area contributed by atoms with Gasteiger partial charge in [-0.3, -0.25) is 0 Å². The first-order valence-corrected chi connectivity index (χ1v) is 7.44. The van der Waals surface area contributed by atoms with Crippen molar-refractivity contribution in [1.29, 1.82) is 0 Å². The molecule has 0 aliphatic carbocycles. The van der Waals surface area contributed by atoms with Crippen molar-refractivity contribution in [2.75, 3.05) is 13.2 Å². The lowest BCUT2D eigenvalue weighted by Crippen LogP contribution is -2.23. The Balaban J connectivity index is 2.01. The molecule has 0 spiro atoms. The number of halogens is 1. The highest BCUT2D eigenvalue weighted by molar-refractivity contribution is 5.44. The van der Waals surface area contributed by atoms with E-state index in [4.69, 9.17) is 4.74 Å². The number of rotatable bonds is 4. The first-order chi connectivity index (χ1) is 10.2. The fourth-order valence-corrected chi connectivity index (χ4v) is 2.96. The van der Waals surface area contributed by atoms with Crippen molar-refractivity contribution < 1.29 is 9.13 Å². The molecule has 0 bridgehead atoms. The molecule has 1 aliphatic heterocycles. The second kappa shape index (κ2) is 5.86. The van der Waals surface area contributed by atoms with Crippen LogP contribution in [0.5, 0.6) is 5.75 Å². The van der Waals surface area contributed by atoms with Gasteiger partial charge in [0.1, 0.15) is 11.6 Å². The molecule has 3 rings (SSSR count). The normalized spacial score (nSPS) is 14.6. The van der Waals surface area contributed by atoms with E-state index in [0.29, 0.717) is 0 Å². The largest absolute Gasteiger partial charge is 0.493 e. The van der Waals surface area contributed by atoms with Gasteiger partial charge in [0.15, 0.2) is 0 Å². The summed E-state index contributed by atoms with van der Waals surface area (Å²) >= 11 is 0. The van der Waals surface area contributed by atoms with Crippen LogP contribution < -0.4 is 10.1 Å². The van der Waals surface area contributed by atoms with Gasteiger partial charge in [-0.2, -0.15) is 0 Å². The highest BCUT2D eigenvalue weighted by Gasteiger charge is 2.19. The van der Waals surface area contributed by atoms with Gasteiger partial charge in [-0.05, 0) is 53.9 Å². The molecule has 2 aromatic rings. The zero-order valence-electron chi connectivity index (χ0n) is 12.4. The highest BCUT2D eigenvalue weighted by Crippen LogP contribution is 2.31. The number of nitrogens with one attached hydrogen (secondary N) is 1. The van der Waals surface area contributed by atoms with Gasteiger partial charge in [0.05, 0.1) is 12.6 Å². The van der Waals surface area contributed by atoms with Gasteiger partial charge in [-0.1, -0.05) is 25.1 Å². The summed E-state index contributed by atoms with van der Waals surface area (Å²) in [5.74, 6) is 0.804. The van der Waals surface area contributed by atoms with E-state index in [-0.39, 0.29) is 11.9 Å². The molecule has 110 valence electrons. The second-order valence-electron chi connectivity index (χ2n) is 5.46. The van der Waals surface area contributed by atoms with Crippen LogP contribution in [0.4, 0.5) is 4.39 Å². The van der Waals surface area contributed by atoms with E-state index in [0.717, 1.165) is 36.4 Å². The maximum absolute atomic E-state index is 13.3. The summed E-state index contributed by atoms with van der Waals surface area (Å²) in [6, 6.07) is 11.4. The van der Waals surface area contributed by atoms with Crippen LogP contribution in [0.2, 0.25) is 0 Å². The topological polar surface area (TPSA) is 21.3 Å². The molecule has 0 aromatic heterocycles. The van der Waals surface area contributed by atoms with E-state index in [1.54, 1.807) is 6.07 Å². The van der Waals surface area contributed by atoms with Crippen LogP contribution >= 0.6 is 0 Å². The van der Waals surface area contributed by atoms with Crippen LogP contribution in [0.25, 0.3) is 0 Å². The Kier molecular flexibility index (Phi) is 3.93. The lowest BCUT2D eigenvalue weighted by atomic mass is 9.93. The summed E-state index contributed by atoms with van der Waals surface area (Å²) in [7, 11) is 0. The number of hydrogen-bond acceptors (Lipinski definition) is 2. The summed E-state index contributed by atoms with van der Waals surface area (Å²) < 4.78 is 18.9. The molecule has 0 radical (unpaired) electrons. The Morgan fingerprint density at radius 2 is 2.10 bits per heavy atom. The average molecular weight is 285 g/mol. The van der Waals surface area contributed by atoms with Crippen LogP contribution in [0.1, 0.15) is 35.2 Å². The number of benzene rings is 2. The van der Waals surface area contributed by atoms with Gasteiger partial charge in [0, 0.05) is 6.42 Å². The van der Waals surface area contributed by atoms with Crippen molar-refractivity contribution in [1.82, 2.24) is 5.32 Å². The Morgan fingerprint density at radius 3 is 2.86 bits per heavy atom. The molecule has 1 unspecified atom stereocenters. The molecular formula is C18H20FNO. The third kappa shape index (κ3) is 2.79. The number of fused-ring (bicyclic) bond motifs is 1. The Bertz CT molecular complexity index is 654. The van der Waals surface area contributed by atoms with Crippen molar-refractivity contribution in [3.05, 3.63) is 64.5 Å². The Morgan fingerprint density at radius 1 is 1.24 bits per heavy atom. The summed E-state index contributed by atoms with van der Waals surface area (Å²) in [4.78, 5) is 0. The van der Waals surface area contributed by atoms with E-state index < -0.39 is 0 Å². The van der Waals surface area contributed by atoms with Gasteiger partial charge < -0.3 is 10.1 Å². The fraction of sp³-hybridized carbons (Fsp3) is 0.333. The van der Waals surface area contributed by atoms with Crippen LogP contribution in [0.15, 0.2) is 36.4 Å². The molecule has 1 atom stereocenters. The standard InChI is InChI=1S/C18H20FNO/c1-3-20-18(16-6-5-15(19)10-12(16)2)14-4-7-17-13(11-14)8-9-21-17/h4-7,10-11,18,20H,3,8-9H2,1-2H3. The first kappa shape index (κ1) is 14.1. The Hall–Kier alpha value is -1.87. The molecule has 0 saturated heterocycles. The second-order valence-corrected chi connectivity index (χ2v) is 5.46. The van der Waals surface area contributed by atoms with Gasteiger partial charge >= 0.3 is 0 Å². The quantitative estimate of drug-likeness (QED) is 0.923. The summed E-state index contributed by atoms with van der Waals surface area (Å²) in [6.07, 6.45) is 0.963. The van der Waals surface area contributed by atoms with E-state index in [9.17, 15) is 4.39 Å².